The predicted molar refractivity (Wildman–Crippen MR) is 191 cm³/mol. The van der Waals surface area contributed by atoms with Gasteiger partial charge in [-0.15, -0.1) is 0 Å². The van der Waals surface area contributed by atoms with Gasteiger partial charge in [-0.3, -0.25) is 4.79 Å². The van der Waals surface area contributed by atoms with E-state index < -0.39 is 0 Å². The van der Waals surface area contributed by atoms with Crippen molar-refractivity contribution in [3.05, 3.63) is 109 Å². The summed E-state index contributed by atoms with van der Waals surface area (Å²) in [5, 5.41) is 15.9. The van der Waals surface area contributed by atoms with Gasteiger partial charge in [0.05, 0.1) is 5.76 Å². The van der Waals surface area contributed by atoms with Crippen molar-refractivity contribution in [2.45, 2.75) is 53.4 Å². The first-order chi connectivity index (χ1) is 22.0. The van der Waals surface area contributed by atoms with Gasteiger partial charge >= 0.3 is 179 Å². The Labute approximate surface area is 290 Å². The van der Waals surface area contributed by atoms with Crippen molar-refractivity contribution >= 4 is 72.3 Å². The van der Waals surface area contributed by atoms with Crippen LogP contribution in [0, 0.1) is 17.9 Å². The fourth-order valence-electron chi connectivity index (χ4n) is 6.47. The number of nitrogens with zero attached hydrogens (tertiary/aromatic N) is 2. The second-order valence-electron chi connectivity index (χ2n) is 11.6. The van der Waals surface area contributed by atoms with Gasteiger partial charge in [0, 0.05) is 38.0 Å². The quantitative estimate of drug-likeness (QED) is 0.0717. The minimum atomic E-state index is 0. The van der Waals surface area contributed by atoms with E-state index in [2.05, 4.69) is 95.6 Å². The molecule has 1 N–H and O–H groups in total. The number of hydrogen-bond acceptors (Lipinski definition) is 3. The number of para-hydroxylation sites is 1. The van der Waals surface area contributed by atoms with Gasteiger partial charge in [0.2, 0.25) is 0 Å². The van der Waals surface area contributed by atoms with Crippen molar-refractivity contribution in [3.8, 4) is 5.69 Å². The van der Waals surface area contributed by atoms with Crippen molar-refractivity contribution in [2.24, 2.45) is 11.8 Å². The van der Waals surface area contributed by atoms with Crippen LogP contribution in [0.2, 0.25) is 0 Å². The first-order valence-electron chi connectivity index (χ1n) is 16.0. The average Bonchev–Trinajstić information content (AvgIpc) is 3.40. The molecule has 0 fully saturated rings. The van der Waals surface area contributed by atoms with Gasteiger partial charge in [-0.2, -0.15) is 0 Å². The number of hydrogen-bond donors (Lipinski definition) is 1. The first kappa shape index (κ1) is 33.8. The number of benzene rings is 4. The number of rotatable bonds is 8. The number of carbonyl (C=O) groups excluding carboxylic acids is 1. The molecule has 0 amide bonds. The molecule has 1 radical (unpaired) electrons. The average molecular weight is 851 g/mol. The third-order valence-corrected chi connectivity index (χ3v) is 11.4. The molecule has 7 aromatic rings. The standard InChI is InChI=1S/C27H15N2Se.C13H24O2.Ir/c1-2-8-18(9-3-1)29-21-11-6-12-22-24(21)25-23(30-22)15-16-28-26(25)20-14-13-17-7-4-5-10-19(17)27(20)29;1-5-10(6-2)12(14)9-13(15)11(7-3)8-4;/h1-13,15-16H;9-11,14H,5-8H2,1-4H3;/q-1;;/b;12-9-;. The fourth-order valence-corrected chi connectivity index (χ4v) is 8.82. The Kier molecular flexibility index (Phi) is 11.0. The van der Waals surface area contributed by atoms with Crippen LogP contribution in [0.4, 0.5) is 0 Å². The summed E-state index contributed by atoms with van der Waals surface area (Å²) in [6.07, 6.45) is 6.87. The number of fused-ring (bicyclic) bond motifs is 4. The van der Waals surface area contributed by atoms with Crippen LogP contribution in [0.5, 0.6) is 0 Å². The van der Waals surface area contributed by atoms with Crippen LogP contribution in [0.15, 0.2) is 103 Å². The summed E-state index contributed by atoms with van der Waals surface area (Å²) in [4.78, 5) is 16.6. The zero-order valence-corrected chi connectivity index (χ0v) is 30.8. The van der Waals surface area contributed by atoms with Crippen molar-refractivity contribution < 1.29 is 30.0 Å². The third kappa shape index (κ3) is 6.25. The van der Waals surface area contributed by atoms with Crippen LogP contribution in [0.1, 0.15) is 53.4 Å². The van der Waals surface area contributed by atoms with Crippen LogP contribution >= 0.6 is 0 Å². The zero-order chi connectivity index (χ0) is 31.5. The number of aromatic nitrogens is 2. The van der Waals surface area contributed by atoms with Gasteiger partial charge in [0.1, 0.15) is 0 Å². The Morgan fingerprint density at radius 3 is 2.24 bits per heavy atom. The van der Waals surface area contributed by atoms with Crippen molar-refractivity contribution in [1.82, 2.24) is 9.55 Å². The van der Waals surface area contributed by atoms with Crippen LogP contribution in [-0.2, 0) is 24.9 Å². The van der Waals surface area contributed by atoms with E-state index in [9.17, 15) is 9.90 Å². The Bertz CT molecular complexity index is 2150. The Balaban J connectivity index is 0.000000225. The Morgan fingerprint density at radius 2 is 1.52 bits per heavy atom. The van der Waals surface area contributed by atoms with Crippen molar-refractivity contribution in [2.75, 3.05) is 0 Å². The van der Waals surface area contributed by atoms with E-state index in [1.807, 2.05) is 33.9 Å². The van der Waals surface area contributed by atoms with E-state index in [4.69, 9.17) is 4.98 Å². The van der Waals surface area contributed by atoms with Crippen LogP contribution < -0.4 is 0 Å². The van der Waals surface area contributed by atoms with Gasteiger partial charge in [0.15, 0.2) is 5.78 Å². The molecule has 0 unspecified atom stereocenters. The molecule has 4 aromatic carbocycles. The molecule has 0 atom stereocenters. The maximum absolute atomic E-state index is 11.7. The summed E-state index contributed by atoms with van der Waals surface area (Å²) in [5.41, 5.74) is 4.61. The van der Waals surface area contributed by atoms with E-state index in [-0.39, 0.29) is 43.5 Å². The molecular formula is C40H39IrN2O2Se-. The summed E-state index contributed by atoms with van der Waals surface area (Å²) < 4.78 is 5.26. The summed E-state index contributed by atoms with van der Waals surface area (Å²) >= 11 is 0.301. The molecule has 6 heteroatoms. The summed E-state index contributed by atoms with van der Waals surface area (Å²) in [6, 6.07) is 33.9. The van der Waals surface area contributed by atoms with Gasteiger partial charge in [0.25, 0.3) is 0 Å². The number of aliphatic hydroxyl groups is 1. The van der Waals surface area contributed by atoms with Gasteiger partial charge < -0.3 is 5.11 Å². The molecule has 46 heavy (non-hydrogen) atoms. The van der Waals surface area contributed by atoms with E-state index in [1.165, 1.54) is 41.7 Å². The van der Waals surface area contributed by atoms with E-state index in [0.29, 0.717) is 14.5 Å². The normalized spacial score (nSPS) is 11.9. The number of ketones is 1. The minimum absolute atomic E-state index is 0. The number of pyridine rings is 1. The summed E-state index contributed by atoms with van der Waals surface area (Å²) in [5.74, 6) is 0.547. The molecule has 4 nitrogen and oxygen atoms in total. The van der Waals surface area contributed by atoms with Gasteiger partial charge in [-0.25, -0.2) is 0 Å². The van der Waals surface area contributed by atoms with Gasteiger partial charge in [-0.05, 0) is 25.7 Å². The number of carbonyl (C=O) groups is 1. The van der Waals surface area contributed by atoms with Crippen LogP contribution in [0.25, 0.3) is 57.7 Å². The molecule has 0 aliphatic heterocycles. The van der Waals surface area contributed by atoms with E-state index >= 15 is 0 Å². The predicted octanol–water partition coefficient (Wildman–Crippen LogP) is 10.4. The second-order valence-corrected chi connectivity index (χ2v) is 13.8. The molecule has 0 aliphatic carbocycles. The molecule has 7 rings (SSSR count). The van der Waals surface area contributed by atoms with E-state index in [0.717, 1.165) is 47.8 Å². The number of aliphatic hydroxyl groups excluding tert-OH is 1. The maximum atomic E-state index is 11.7. The fraction of sp³-hybridized carbons (Fsp3) is 0.250. The molecule has 3 heterocycles. The molecule has 0 bridgehead atoms. The molecule has 0 spiro atoms. The summed E-state index contributed by atoms with van der Waals surface area (Å²) in [6.45, 7) is 8.07. The Morgan fingerprint density at radius 1 is 0.848 bits per heavy atom. The third-order valence-electron chi connectivity index (χ3n) is 9.01. The van der Waals surface area contributed by atoms with E-state index in [1.54, 1.807) is 0 Å². The second kappa shape index (κ2) is 14.9. The van der Waals surface area contributed by atoms with Gasteiger partial charge in [-0.1, -0.05) is 27.7 Å². The monoisotopic (exact) mass is 852 g/mol. The molecule has 3 aromatic heterocycles. The molecule has 0 saturated carbocycles. The summed E-state index contributed by atoms with van der Waals surface area (Å²) in [7, 11) is 0. The molecular weight excluding hydrogens is 812 g/mol. The van der Waals surface area contributed by atoms with Crippen LogP contribution in [0.3, 0.4) is 0 Å². The Hall–Kier alpha value is -3.53. The van der Waals surface area contributed by atoms with Crippen LogP contribution in [-0.4, -0.2) is 34.9 Å². The zero-order valence-electron chi connectivity index (χ0n) is 26.7. The molecule has 0 aliphatic rings. The van der Waals surface area contributed by atoms with Crippen molar-refractivity contribution in [3.63, 3.8) is 0 Å². The first-order valence-corrected chi connectivity index (χ1v) is 17.7. The van der Waals surface area contributed by atoms with Crippen molar-refractivity contribution in [1.29, 1.82) is 0 Å². The molecule has 237 valence electrons. The number of allylic oxidation sites excluding steroid dienone is 2. The SMILES string of the molecule is CCC(CC)C(=O)/C=C(\O)C(CC)CC.[Ir].[c-]1cc2ccccc2c2c1c1nccc3[se]c4cccc(c4c31)n2-c1ccccc1. The molecule has 0 saturated heterocycles. The topological polar surface area (TPSA) is 55.1 Å².